The first-order valence-corrected chi connectivity index (χ1v) is 15.0. The number of fused-ring (bicyclic) bond motifs is 4. The van der Waals surface area contributed by atoms with Gasteiger partial charge >= 0.3 is 6.03 Å². The molecule has 4 heterocycles. The van der Waals surface area contributed by atoms with Gasteiger partial charge in [0.1, 0.15) is 5.41 Å². The van der Waals surface area contributed by atoms with Crippen molar-refractivity contribution in [1.29, 1.82) is 0 Å². The number of hydrogen-bond donors (Lipinski definition) is 1. The topological polar surface area (TPSA) is 91.7 Å². The second kappa shape index (κ2) is 11.0. The maximum Gasteiger partial charge on any atom is 0.335 e. The third-order valence-electron chi connectivity index (χ3n) is 9.27. The highest BCUT2D eigenvalue weighted by Crippen LogP contribution is 2.39. The number of nitrogens with one attached hydrogen (secondary N) is 1. The van der Waals surface area contributed by atoms with E-state index in [1.54, 1.807) is 24.3 Å². The number of urea groups is 1. The normalized spacial score (nSPS) is 24.1. The number of imide groups is 2. The molecule has 0 aliphatic carbocycles. The van der Waals surface area contributed by atoms with Gasteiger partial charge in [-0.05, 0) is 66.0 Å². The zero-order valence-corrected chi connectivity index (χ0v) is 24.5. The van der Waals surface area contributed by atoms with Crippen molar-refractivity contribution < 1.29 is 14.4 Å². The lowest BCUT2D eigenvalue weighted by atomic mass is 9.75. The lowest BCUT2D eigenvalue weighted by Gasteiger charge is -2.47. The summed E-state index contributed by atoms with van der Waals surface area (Å²) in [4.78, 5) is 57.5. The number of carbonyl (C=O) groups excluding carboxylic acids is 3. The molecule has 3 atom stereocenters. The first-order valence-electron chi connectivity index (χ1n) is 15.0. The Kier molecular flexibility index (Phi) is 7.35. The summed E-state index contributed by atoms with van der Waals surface area (Å²) in [6.07, 6.45) is 1.98. The van der Waals surface area contributed by atoms with Crippen molar-refractivity contribution in [2.75, 3.05) is 24.5 Å². The molecule has 42 heavy (non-hydrogen) atoms. The monoisotopic (exact) mass is 566 g/mol. The smallest absolute Gasteiger partial charge is 0.312 e. The summed E-state index contributed by atoms with van der Waals surface area (Å²) in [7, 11) is 0. The summed E-state index contributed by atoms with van der Waals surface area (Å²) in [5, 5.41) is 2.55. The Morgan fingerprint density at radius 3 is 2.29 bits per heavy atom. The highest BCUT2D eigenvalue weighted by molar-refractivity contribution is 6.30. The van der Waals surface area contributed by atoms with Gasteiger partial charge in [-0.1, -0.05) is 63.2 Å². The van der Waals surface area contributed by atoms with Crippen molar-refractivity contribution in [3.8, 4) is 0 Å². The van der Waals surface area contributed by atoms with Crippen LogP contribution in [0.4, 0.5) is 10.5 Å². The van der Waals surface area contributed by atoms with Gasteiger partial charge in [-0.2, -0.15) is 0 Å². The molecule has 1 N–H and O–H groups in total. The minimum Gasteiger partial charge on any atom is -0.312 e. The van der Waals surface area contributed by atoms with Crippen LogP contribution in [0.1, 0.15) is 61.4 Å². The standard InChI is InChI=1S/C34H38N4O4/c1-4-23-10-14-28(15-11-23)38-32(41)34(31(40)35-33(38)42,17-24-8-12-26(13-9-24)22(2)3)21-36-18-25-16-27(20-36)29-6-5-7-30(39)37(29)19-25/h5-15,22,25,27H,4,16-21H2,1-3H3,(H,35,40,42)/t25-,27+,34?/m0/s1. The molecule has 8 nitrogen and oxygen atoms in total. The Hall–Kier alpha value is -4.04. The number of pyridine rings is 1. The van der Waals surface area contributed by atoms with Crippen LogP contribution in [0.2, 0.25) is 0 Å². The highest BCUT2D eigenvalue weighted by atomic mass is 16.2. The van der Waals surface area contributed by atoms with E-state index in [1.807, 2.05) is 54.0 Å². The van der Waals surface area contributed by atoms with Crippen molar-refractivity contribution in [3.05, 3.63) is 99.5 Å². The quantitative estimate of drug-likeness (QED) is 0.427. The first-order chi connectivity index (χ1) is 20.2. The number of aromatic nitrogens is 1. The molecule has 2 fully saturated rings. The molecule has 0 saturated carbocycles. The molecule has 1 aromatic heterocycles. The molecular weight excluding hydrogens is 528 g/mol. The number of rotatable bonds is 7. The van der Waals surface area contributed by atoms with E-state index in [9.17, 15) is 19.2 Å². The van der Waals surface area contributed by atoms with Crippen molar-refractivity contribution in [1.82, 2.24) is 14.8 Å². The summed E-state index contributed by atoms with van der Waals surface area (Å²) in [6, 6.07) is 20.1. The summed E-state index contributed by atoms with van der Waals surface area (Å²) in [6.45, 7) is 8.41. The zero-order valence-electron chi connectivity index (χ0n) is 24.5. The van der Waals surface area contributed by atoms with Crippen molar-refractivity contribution >= 4 is 23.5 Å². The van der Waals surface area contributed by atoms with E-state index < -0.39 is 23.3 Å². The average Bonchev–Trinajstić information content (AvgIpc) is 2.97. The zero-order chi connectivity index (χ0) is 29.6. The van der Waals surface area contributed by atoms with Crippen LogP contribution in [-0.4, -0.2) is 46.9 Å². The maximum absolute atomic E-state index is 14.5. The molecule has 2 aromatic carbocycles. The number of amides is 4. The largest absolute Gasteiger partial charge is 0.335 e. The molecule has 2 bridgehead atoms. The molecule has 218 valence electrons. The van der Waals surface area contributed by atoms with Gasteiger partial charge in [0, 0.05) is 43.9 Å². The predicted molar refractivity (Wildman–Crippen MR) is 162 cm³/mol. The van der Waals surface area contributed by atoms with Crippen LogP contribution in [0.3, 0.4) is 0 Å². The predicted octanol–water partition coefficient (Wildman–Crippen LogP) is 4.47. The third-order valence-corrected chi connectivity index (χ3v) is 9.27. The number of aryl methyl sites for hydroxylation is 1. The van der Waals surface area contributed by atoms with Gasteiger partial charge < -0.3 is 9.47 Å². The number of piperidine rings is 1. The van der Waals surface area contributed by atoms with Crippen LogP contribution in [0.5, 0.6) is 0 Å². The molecule has 3 aromatic rings. The van der Waals surface area contributed by atoms with Crippen LogP contribution in [0.25, 0.3) is 0 Å². The Labute approximate surface area is 246 Å². The minimum atomic E-state index is -1.50. The fraction of sp³-hybridized carbons (Fsp3) is 0.412. The maximum atomic E-state index is 14.5. The number of likely N-dealkylation sites (tertiary alicyclic amines) is 1. The molecule has 6 rings (SSSR count). The number of nitrogens with zero attached hydrogens (tertiary/aromatic N) is 3. The SMILES string of the molecule is CCc1ccc(N2C(=O)NC(=O)C(Cc3ccc(C(C)C)cc3)(CN3C[C@@H]4C[C@H](C3)c3cccc(=O)n3C4)C2=O)cc1. The Morgan fingerprint density at radius 2 is 1.60 bits per heavy atom. The van der Waals surface area contributed by atoms with Crippen LogP contribution >= 0.6 is 0 Å². The van der Waals surface area contributed by atoms with Gasteiger partial charge in [0.25, 0.3) is 11.5 Å². The second-order valence-electron chi connectivity index (χ2n) is 12.5. The Bertz CT molecular complexity index is 1580. The van der Waals surface area contributed by atoms with E-state index in [4.69, 9.17) is 0 Å². The van der Waals surface area contributed by atoms with E-state index in [-0.39, 0.29) is 30.4 Å². The van der Waals surface area contributed by atoms with Gasteiger partial charge in [-0.15, -0.1) is 0 Å². The van der Waals surface area contributed by atoms with Gasteiger partial charge in [0.2, 0.25) is 5.91 Å². The lowest BCUT2D eigenvalue weighted by molar-refractivity contribution is -0.144. The molecule has 1 unspecified atom stereocenters. The number of carbonyl (C=O) groups is 3. The van der Waals surface area contributed by atoms with Gasteiger partial charge in [-0.3, -0.25) is 19.7 Å². The molecule has 8 heteroatoms. The van der Waals surface area contributed by atoms with Gasteiger partial charge in [0.05, 0.1) is 5.69 Å². The number of anilines is 1. The van der Waals surface area contributed by atoms with E-state index in [2.05, 4.69) is 24.1 Å². The van der Waals surface area contributed by atoms with E-state index in [0.29, 0.717) is 31.2 Å². The molecule has 3 aliphatic rings. The average molecular weight is 567 g/mol. The fourth-order valence-electron chi connectivity index (χ4n) is 7.02. The fourth-order valence-corrected chi connectivity index (χ4v) is 7.02. The number of barbiturate groups is 1. The highest BCUT2D eigenvalue weighted by Gasteiger charge is 2.55. The molecule has 3 aliphatic heterocycles. The number of hydrogen-bond acceptors (Lipinski definition) is 5. The minimum absolute atomic E-state index is 0.0158. The van der Waals surface area contributed by atoms with E-state index in [1.165, 1.54) is 5.56 Å². The summed E-state index contributed by atoms with van der Waals surface area (Å²) < 4.78 is 1.88. The van der Waals surface area contributed by atoms with Crippen molar-refractivity contribution in [2.24, 2.45) is 11.3 Å². The van der Waals surface area contributed by atoms with Crippen LogP contribution in [0.15, 0.2) is 71.5 Å². The van der Waals surface area contributed by atoms with Gasteiger partial charge in [0.15, 0.2) is 0 Å². The number of benzene rings is 2. The summed E-state index contributed by atoms with van der Waals surface area (Å²) in [5.41, 5.74) is 3.11. The van der Waals surface area contributed by atoms with Crippen molar-refractivity contribution in [3.63, 3.8) is 0 Å². The molecule has 2 saturated heterocycles. The van der Waals surface area contributed by atoms with E-state index >= 15 is 0 Å². The van der Waals surface area contributed by atoms with Crippen LogP contribution in [0, 0.1) is 11.3 Å². The van der Waals surface area contributed by atoms with Crippen LogP contribution < -0.4 is 15.8 Å². The molecule has 0 radical (unpaired) electrons. The second-order valence-corrected chi connectivity index (χ2v) is 12.5. The van der Waals surface area contributed by atoms with Crippen molar-refractivity contribution in [2.45, 2.75) is 58.4 Å². The van der Waals surface area contributed by atoms with Crippen LogP contribution in [-0.2, 0) is 29.0 Å². The summed E-state index contributed by atoms with van der Waals surface area (Å²) >= 11 is 0. The molecular formula is C34H38N4O4. The first kappa shape index (κ1) is 28.1. The Balaban J connectivity index is 1.37. The van der Waals surface area contributed by atoms with Gasteiger partial charge in [-0.25, -0.2) is 9.69 Å². The lowest BCUT2D eigenvalue weighted by Crippen LogP contribution is -2.68. The van der Waals surface area contributed by atoms with E-state index in [0.717, 1.165) is 34.6 Å². The summed E-state index contributed by atoms with van der Waals surface area (Å²) in [5.74, 6) is -0.329. The Morgan fingerprint density at radius 1 is 0.881 bits per heavy atom. The molecule has 0 spiro atoms. The third kappa shape index (κ3) is 4.98. The molecule has 4 amide bonds.